The Balaban J connectivity index is 2.24. The number of H-pyrrole nitrogens is 1. The average molecular weight is 229 g/mol. The summed E-state index contributed by atoms with van der Waals surface area (Å²) in [5.41, 5.74) is 4.85. The fourth-order valence-corrected chi connectivity index (χ4v) is 1.97. The Kier molecular flexibility index (Phi) is 3.59. The van der Waals surface area contributed by atoms with Gasteiger partial charge in [-0.15, -0.1) is 0 Å². The van der Waals surface area contributed by atoms with Crippen LogP contribution in [0.2, 0.25) is 0 Å². The van der Waals surface area contributed by atoms with E-state index in [-0.39, 0.29) is 0 Å². The van der Waals surface area contributed by atoms with Crippen LogP contribution in [0.3, 0.4) is 0 Å². The topological polar surface area (TPSA) is 40.7 Å². The first-order valence-corrected chi connectivity index (χ1v) is 6.02. The fourth-order valence-electron chi connectivity index (χ4n) is 1.97. The summed E-state index contributed by atoms with van der Waals surface area (Å²) in [5, 5.41) is 3.26. The molecule has 0 radical (unpaired) electrons. The minimum Gasteiger partial charge on any atom is -0.341 e. The lowest BCUT2D eigenvalue weighted by atomic mass is 10.1. The van der Waals surface area contributed by atoms with Crippen LogP contribution < -0.4 is 5.32 Å². The van der Waals surface area contributed by atoms with Gasteiger partial charge in [-0.1, -0.05) is 24.1 Å². The monoisotopic (exact) mass is 229 g/mol. The van der Waals surface area contributed by atoms with Gasteiger partial charge in [0.25, 0.3) is 0 Å². The first-order chi connectivity index (χ1) is 8.19. The first kappa shape index (κ1) is 11.9. The highest BCUT2D eigenvalue weighted by atomic mass is 15.0. The maximum absolute atomic E-state index is 4.37. The zero-order valence-corrected chi connectivity index (χ0v) is 10.7. The Morgan fingerprint density at radius 1 is 1.18 bits per heavy atom. The lowest BCUT2D eigenvalue weighted by Crippen LogP contribution is -2.12. The molecule has 0 aliphatic carbocycles. The summed E-state index contributed by atoms with van der Waals surface area (Å²) in [7, 11) is 0. The van der Waals surface area contributed by atoms with Crippen LogP contribution in [-0.2, 0) is 6.54 Å². The minimum atomic E-state index is 0.793. The standard InChI is InChI=1S/C14H19N3/c1-4-15-9-14-16-8-13(17-14)12-6-10(2)5-11(3)7-12/h5-8,15H,4,9H2,1-3H3,(H,16,17). The molecule has 2 rings (SSSR count). The van der Waals surface area contributed by atoms with Gasteiger partial charge in [-0.05, 0) is 32.5 Å². The summed E-state index contributed by atoms with van der Waals surface area (Å²) in [6, 6.07) is 6.54. The van der Waals surface area contributed by atoms with E-state index in [1.807, 2.05) is 6.20 Å². The molecular formula is C14H19N3. The van der Waals surface area contributed by atoms with Crippen molar-refractivity contribution in [3.63, 3.8) is 0 Å². The van der Waals surface area contributed by atoms with Crippen molar-refractivity contribution < 1.29 is 0 Å². The maximum Gasteiger partial charge on any atom is 0.120 e. The average Bonchev–Trinajstić information content (AvgIpc) is 2.73. The van der Waals surface area contributed by atoms with E-state index < -0.39 is 0 Å². The van der Waals surface area contributed by atoms with Gasteiger partial charge in [-0.25, -0.2) is 4.98 Å². The van der Waals surface area contributed by atoms with Crippen LogP contribution in [0.15, 0.2) is 24.4 Å². The number of hydrogen-bond acceptors (Lipinski definition) is 2. The molecule has 0 fully saturated rings. The van der Waals surface area contributed by atoms with Gasteiger partial charge in [0, 0.05) is 5.56 Å². The minimum absolute atomic E-state index is 0.793. The molecule has 0 bridgehead atoms. The van der Waals surface area contributed by atoms with Gasteiger partial charge in [-0.3, -0.25) is 0 Å². The summed E-state index contributed by atoms with van der Waals surface area (Å²) in [4.78, 5) is 7.72. The van der Waals surface area contributed by atoms with E-state index in [0.717, 1.165) is 24.6 Å². The van der Waals surface area contributed by atoms with Crippen molar-refractivity contribution in [2.45, 2.75) is 27.3 Å². The molecule has 3 heteroatoms. The normalized spacial score (nSPS) is 10.8. The molecule has 1 heterocycles. The van der Waals surface area contributed by atoms with Crippen LogP contribution in [0.25, 0.3) is 11.3 Å². The van der Waals surface area contributed by atoms with Crippen molar-refractivity contribution in [2.24, 2.45) is 0 Å². The Labute approximate surface area is 102 Å². The molecule has 17 heavy (non-hydrogen) atoms. The Hall–Kier alpha value is -1.61. The lowest BCUT2D eigenvalue weighted by molar-refractivity contribution is 0.698. The highest BCUT2D eigenvalue weighted by Gasteiger charge is 2.03. The van der Waals surface area contributed by atoms with Crippen LogP contribution >= 0.6 is 0 Å². The van der Waals surface area contributed by atoms with Gasteiger partial charge < -0.3 is 10.3 Å². The fraction of sp³-hybridized carbons (Fsp3) is 0.357. The summed E-state index contributed by atoms with van der Waals surface area (Å²) in [5.74, 6) is 0.987. The number of aromatic amines is 1. The van der Waals surface area contributed by atoms with E-state index >= 15 is 0 Å². The molecule has 0 saturated heterocycles. The van der Waals surface area contributed by atoms with Gasteiger partial charge in [-0.2, -0.15) is 0 Å². The molecule has 0 saturated carbocycles. The van der Waals surface area contributed by atoms with Crippen molar-refractivity contribution in [1.82, 2.24) is 15.3 Å². The molecule has 90 valence electrons. The summed E-state index contributed by atoms with van der Waals surface area (Å²) < 4.78 is 0. The molecule has 0 spiro atoms. The second-order valence-electron chi connectivity index (χ2n) is 4.40. The first-order valence-electron chi connectivity index (χ1n) is 6.02. The number of nitrogens with zero attached hydrogens (tertiary/aromatic N) is 1. The number of aromatic nitrogens is 2. The third-order valence-electron chi connectivity index (χ3n) is 2.70. The molecule has 0 aliphatic rings. The Bertz CT molecular complexity index is 480. The quantitative estimate of drug-likeness (QED) is 0.846. The molecular weight excluding hydrogens is 210 g/mol. The van der Waals surface area contributed by atoms with Crippen LogP contribution in [0.1, 0.15) is 23.9 Å². The van der Waals surface area contributed by atoms with E-state index in [9.17, 15) is 0 Å². The van der Waals surface area contributed by atoms with E-state index in [2.05, 4.69) is 54.3 Å². The highest BCUT2D eigenvalue weighted by Crippen LogP contribution is 2.20. The Morgan fingerprint density at radius 3 is 2.53 bits per heavy atom. The van der Waals surface area contributed by atoms with Crippen molar-refractivity contribution in [3.05, 3.63) is 41.3 Å². The molecule has 3 nitrogen and oxygen atoms in total. The second-order valence-corrected chi connectivity index (χ2v) is 4.40. The molecule has 1 aromatic heterocycles. The third-order valence-corrected chi connectivity index (χ3v) is 2.70. The third kappa shape index (κ3) is 2.94. The zero-order chi connectivity index (χ0) is 12.3. The smallest absolute Gasteiger partial charge is 0.120 e. The van der Waals surface area contributed by atoms with Crippen LogP contribution in [-0.4, -0.2) is 16.5 Å². The largest absolute Gasteiger partial charge is 0.341 e. The molecule has 2 N–H and O–H groups in total. The number of hydrogen-bond donors (Lipinski definition) is 2. The van der Waals surface area contributed by atoms with E-state index in [4.69, 9.17) is 0 Å². The van der Waals surface area contributed by atoms with Gasteiger partial charge in [0.05, 0.1) is 18.4 Å². The maximum atomic E-state index is 4.37. The van der Waals surface area contributed by atoms with Crippen molar-refractivity contribution in [2.75, 3.05) is 6.54 Å². The van der Waals surface area contributed by atoms with Gasteiger partial charge in [0.15, 0.2) is 0 Å². The second kappa shape index (κ2) is 5.15. The summed E-state index contributed by atoms with van der Waals surface area (Å²) in [6.07, 6.45) is 1.90. The molecule has 1 aromatic carbocycles. The van der Waals surface area contributed by atoms with Gasteiger partial charge in [0.1, 0.15) is 5.82 Å². The van der Waals surface area contributed by atoms with E-state index in [0.29, 0.717) is 0 Å². The molecule has 0 aliphatic heterocycles. The van der Waals surface area contributed by atoms with Gasteiger partial charge in [0.2, 0.25) is 0 Å². The number of benzene rings is 1. The van der Waals surface area contributed by atoms with E-state index in [1.54, 1.807) is 0 Å². The highest BCUT2D eigenvalue weighted by molar-refractivity contribution is 5.60. The van der Waals surface area contributed by atoms with Crippen LogP contribution in [0, 0.1) is 13.8 Å². The van der Waals surface area contributed by atoms with Crippen LogP contribution in [0.4, 0.5) is 0 Å². The number of imidazole rings is 1. The summed E-state index contributed by atoms with van der Waals surface area (Å²) in [6.45, 7) is 8.08. The van der Waals surface area contributed by atoms with E-state index in [1.165, 1.54) is 16.7 Å². The SMILES string of the molecule is CCNCc1ncc(-c2cc(C)cc(C)c2)[nH]1. The van der Waals surface area contributed by atoms with Crippen molar-refractivity contribution in [3.8, 4) is 11.3 Å². The van der Waals surface area contributed by atoms with Crippen molar-refractivity contribution >= 4 is 0 Å². The predicted molar refractivity (Wildman–Crippen MR) is 70.9 cm³/mol. The van der Waals surface area contributed by atoms with Crippen LogP contribution in [0.5, 0.6) is 0 Å². The number of rotatable bonds is 4. The molecule has 0 unspecified atom stereocenters. The predicted octanol–water partition coefficient (Wildman–Crippen LogP) is 2.80. The summed E-state index contributed by atoms with van der Waals surface area (Å²) >= 11 is 0. The molecule has 0 atom stereocenters. The van der Waals surface area contributed by atoms with Gasteiger partial charge >= 0.3 is 0 Å². The Morgan fingerprint density at radius 2 is 1.88 bits per heavy atom. The number of aryl methyl sites for hydroxylation is 2. The zero-order valence-electron chi connectivity index (χ0n) is 10.7. The van der Waals surface area contributed by atoms with Crippen molar-refractivity contribution in [1.29, 1.82) is 0 Å². The molecule has 0 amide bonds. The molecule has 2 aromatic rings. The lowest BCUT2D eigenvalue weighted by Gasteiger charge is -2.02. The number of nitrogens with one attached hydrogen (secondary N) is 2.